The number of nitrogens with two attached hydrogens (primary N) is 1. The number of anilines is 2. The third-order valence-corrected chi connectivity index (χ3v) is 3.21. The molecule has 0 bridgehead atoms. The lowest BCUT2D eigenvalue weighted by atomic mass is 10.2. The number of halogens is 2. The van der Waals surface area contributed by atoms with E-state index in [4.69, 9.17) is 17.4 Å². The number of nitrogens with zero attached hydrogens (tertiary/aromatic N) is 4. The molecule has 1 fully saturated rings. The van der Waals surface area contributed by atoms with E-state index in [0.717, 1.165) is 13.1 Å². The number of hydrogen-bond donors (Lipinski definition) is 2. The molecule has 1 atom stereocenters. The van der Waals surface area contributed by atoms with Gasteiger partial charge in [0.2, 0.25) is 11.1 Å². The van der Waals surface area contributed by atoms with Crippen molar-refractivity contribution >= 4 is 23.2 Å². The fourth-order valence-electron chi connectivity index (χ4n) is 2.15. The molecular formula is C10H16ClFN6. The fourth-order valence-corrected chi connectivity index (χ4v) is 2.31. The van der Waals surface area contributed by atoms with Crippen LogP contribution in [0.5, 0.6) is 0 Å². The molecule has 1 aromatic heterocycles. The van der Waals surface area contributed by atoms with Gasteiger partial charge in [0.15, 0.2) is 11.6 Å². The van der Waals surface area contributed by atoms with Crippen molar-refractivity contribution < 1.29 is 4.39 Å². The smallest absolute Gasteiger partial charge is 0.226 e. The highest BCUT2D eigenvalue weighted by Gasteiger charge is 2.27. The van der Waals surface area contributed by atoms with Gasteiger partial charge in [-0.25, -0.2) is 5.84 Å². The Bertz CT molecular complexity index is 443. The molecule has 2 rings (SSSR count). The van der Waals surface area contributed by atoms with E-state index in [9.17, 15) is 4.39 Å². The number of nitrogen functional groups attached to an aromatic ring is 1. The van der Waals surface area contributed by atoms with Crippen LogP contribution >= 0.6 is 11.6 Å². The molecule has 1 saturated heterocycles. The second-order valence-electron chi connectivity index (χ2n) is 4.43. The lowest BCUT2D eigenvalue weighted by Gasteiger charge is -2.39. The molecule has 0 amide bonds. The van der Waals surface area contributed by atoms with Crippen LogP contribution in [-0.2, 0) is 0 Å². The fraction of sp³-hybridized carbons (Fsp3) is 0.600. The first-order chi connectivity index (χ1) is 8.52. The molecule has 3 N–H and O–H groups in total. The molecule has 0 aromatic carbocycles. The van der Waals surface area contributed by atoms with E-state index >= 15 is 0 Å². The third kappa shape index (κ3) is 2.47. The number of hydrogen-bond acceptors (Lipinski definition) is 6. The Hall–Kier alpha value is -1.18. The highest BCUT2D eigenvalue weighted by Crippen LogP contribution is 2.26. The average Bonchev–Trinajstić information content (AvgIpc) is 2.32. The van der Waals surface area contributed by atoms with Gasteiger partial charge in [-0.05, 0) is 25.6 Å². The lowest BCUT2D eigenvalue weighted by Crippen LogP contribution is -2.51. The van der Waals surface area contributed by atoms with E-state index in [-0.39, 0.29) is 23.0 Å². The monoisotopic (exact) mass is 274 g/mol. The SMILES string of the molecule is C[C@@H]1CN(C)CCN1c1nc(Cl)nc(NN)c1F. The van der Waals surface area contributed by atoms with Gasteiger partial charge in [0, 0.05) is 25.7 Å². The average molecular weight is 275 g/mol. The lowest BCUT2D eigenvalue weighted by molar-refractivity contribution is 0.273. The van der Waals surface area contributed by atoms with Gasteiger partial charge in [-0.3, -0.25) is 0 Å². The highest BCUT2D eigenvalue weighted by molar-refractivity contribution is 6.28. The standard InChI is InChI=1S/C10H16ClFN6/c1-6-5-17(2)3-4-18(6)9-7(12)8(16-13)14-10(11)15-9/h6H,3-5,13H2,1-2H3,(H,14,15,16)/t6-/m1/s1. The maximum atomic E-state index is 14.1. The Morgan fingerprint density at radius 3 is 2.78 bits per heavy atom. The van der Waals surface area contributed by atoms with Crippen LogP contribution in [0.25, 0.3) is 0 Å². The van der Waals surface area contributed by atoms with Crippen LogP contribution in [0, 0.1) is 5.82 Å². The van der Waals surface area contributed by atoms with Gasteiger partial charge in [0.25, 0.3) is 0 Å². The van der Waals surface area contributed by atoms with Gasteiger partial charge in [-0.1, -0.05) is 0 Å². The van der Waals surface area contributed by atoms with Crippen LogP contribution in [0.3, 0.4) is 0 Å². The van der Waals surface area contributed by atoms with Crippen LogP contribution in [-0.4, -0.2) is 47.6 Å². The largest absolute Gasteiger partial charge is 0.349 e. The Labute approximate surface area is 110 Å². The molecule has 6 nitrogen and oxygen atoms in total. The molecule has 0 aliphatic carbocycles. The predicted molar refractivity (Wildman–Crippen MR) is 69.1 cm³/mol. The van der Waals surface area contributed by atoms with Crippen molar-refractivity contribution in [3.8, 4) is 0 Å². The minimum Gasteiger partial charge on any atom is -0.349 e. The topological polar surface area (TPSA) is 70.3 Å². The third-order valence-electron chi connectivity index (χ3n) is 3.05. The van der Waals surface area contributed by atoms with Crippen molar-refractivity contribution in [1.29, 1.82) is 0 Å². The Kier molecular flexibility index (Phi) is 3.84. The number of rotatable bonds is 2. The first-order valence-corrected chi connectivity index (χ1v) is 6.05. The van der Waals surface area contributed by atoms with E-state index < -0.39 is 5.82 Å². The van der Waals surface area contributed by atoms with Gasteiger partial charge >= 0.3 is 0 Å². The molecule has 0 saturated carbocycles. The number of aromatic nitrogens is 2. The first-order valence-electron chi connectivity index (χ1n) is 5.67. The second-order valence-corrected chi connectivity index (χ2v) is 4.77. The zero-order chi connectivity index (χ0) is 13.3. The molecule has 1 aliphatic heterocycles. The Morgan fingerprint density at radius 2 is 2.17 bits per heavy atom. The van der Waals surface area contributed by atoms with Gasteiger partial charge in [-0.15, -0.1) is 0 Å². The summed E-state index contributed by atoms with van der Waals surface area (Å²) in [6.07, 6.45) is 0. The van der Waals surface area contributed by atoms with Crippen LogP contribution in [0.1, 0.15) is 6.92 Å². The van der Waals surface area contributed by atoms with Crippen molar-refractivity contribution in [3.05, 3.63) is 11.1 Å². The maximum Gasteiger partial charge on any atom is 0.226 e. The van der Waals surface area contributed by atoms with Gasteiger partial charge in [0.1, 0.15) is 0 Å². The maximum absolute atomic E-state index is 14.1. The van der Waals surface area contributed by atoms with Crippen molar-refractivity contribution in [2.75, 3.05) is 37.0 Å². The Morgan fingerprint density at radius 1 is 1.44 bits per heavy atom. The number of piperazine rings is 1. The van der Waals surface area contributed by atoms with Gasteiger partial charge in [0.05, 0.1) is 0 Å². The quantitative estimate of drug-likeness (QED) is 0.470. The minimum atomic E-state index is -0.571. The second kappa shape index (κ2) is 5.21. The molecule has 0 spiro atoms. The van der Waals surface area contributed by atoms with Crippen LogP contribution in [0.2, 0.25) is 5.28 Å². The first kappa shape index (κ1) is 13.3. The number of hydrazine groups is 1. The van der Waals surface area contributed by atoms with Gasteiger partial charge < -0.3 is 15.2 Å². The summed E-state index contributed by atoms with van der Waals surface area (Å²) < 4.78 is 14.1. The number of likely N-dealkylation sites (N-methyl/N-ethyl adjacent to an activating group) is 1. The van der Waals surface area contributed by atoms with Crippen molar-refractivity contribution in [3.63, 3.8) is 0 Å². The summed E-state index contributed by atoms with van der Waals surface area (Å²) in [5.41, 5.74) is 2.19. The van der Waals surface area contributed by atoms with Crippen molar-refractivity contribution in [1.82, 2.24) is 14.9 Å². The predicted octanol–water partition coefficient (Wildman–Crippen LogP) is 0.695. The molecule has 18 heavy (non-hydrogen) atoms. The molecule has 8 heteroatoms. The molecule has 0 unspecified atom stereocenters. The summed E-state index contributed by atoms with van der Waals surface area (Å²) in [4.78, 5) is 11.7. The normalized spacial score (nSPS) is 21.2. The summed E-state index contributed by atoms with van der Waals surface area (Å²) >= 11 is 5.77. The van der Waals surface area contributed by atoms with Crippen molar-refractivity contribution in [2.45, 2.75) is 13.0 Å². The molecule has 0 radical (unpaired) electrons. The highest BCUT2D eigenvalue weighted by atomic mass is 35.5. The van der Waals surface area contributed by atoms with E-state index in [1.165, 1.54) is 0 Å². The zero-order valence-electron chi connectivity index (χ0n) is 10.3. The van der Waals surface area contributed by atoms with Crippen LogP contribution < -0.4 is 16.2 Å². The van der Waals surface area contributed by atoms with E-state index in [2.05, 4.69) is 20.3 Å². The molecule has 2 heterocycles. The summed E-state index contributed by atoms with van der Waals surface area (Å²) in [7, 11) is 2.03. The molecule has 1 aromatic rings. The molecular weight excluding hydrogens is 259 g/mol. The van der Waals surface area contributed by atoms with E-state index in [1.807, 2.05) is 18.9 Å². The summed E-state index contributed by atoms with van der Waals surface area (Å²) in [5.74, 6) is 4.75. The summed E-state index contributed by atoms with van der Waals surface area (Å²) in [6, 6.07) is 0.148. The van der Waals surface area contributed by atoms with Crippen molar-refractivity contribution in [2.24, 2.45) is 5.84 Å². The van der Waals surface area contributed by atoms with Gasteiger partial charge in [-0.2, -0.15) is 14.4 Å². The summed E-state index contributed by atoms with van der Waals surface area (Å²) in [6.45, 7) is 4.38. The zero-order valence-corrected chi connectivity index (χ0v) is 11.1. The molecule has 1 aliphatic rings. The van der Waals surface area contributed by atoms with Crippen LogP contribution in [0.4, 0.5) is 16.0 Å². The minimum absolute atomic E-state index is 0.0227. The number of nitrogens with one attached hydrogen (secondary N) is 1. The summed E-state index contributed by atoms with van der Waals surface area (Å²) in [5, 5.41) is -0.0227. The molecule has 100 valence electrons. The Balaban J connectivity index is 2.35. The van der Waals surface area contributed by atoms with E-state index in [1.54, 1.807) is 0 Å². The van der Waals surface area contributed by atoms with E-state index in [0.29, 0.717) is 6.54 Å². The van der Waals surface area contributed by atoms with Crippen LogP contribution in [0.15, 0.2) is 0 Å².